The van der Waals surface area contributed by atoms with Gasteiger partial charge >= 0.3 is 30.1 Å². The first kappa shape index (κ1) is 23.5. The van der Waals surface area contributed by atoms with Gasteiger partial charge in [-0.1, -0.05) is 30.3 Å². The summed E-state index contributed by atoms with van der Waals surface area (Å²) in [6.45, 7) is 0.486. The van der Waals surface area contributed by atoms with E-state index >= 15 is 0 Å². The van der Waals surface area contributed by atoms with E-state index in [1.54, 1.807) is 18.2 Å². The number of carbonyl (C=O) groups excluding carboxylic acids is 2. The summed E-state index contributed by atoms with van der Waals surface area (Å²) in [5.74, 6) is -13.7. The second-order valence-corrected chi connectivity index (χ2v) is 5.49. The predicted molar refractivity (Wildman–Crippen MR) is 80.7 cm³/mol. The number of benzene rings is 1. The molecule has 0 saturated carbocycles. The van der Waals surface area contributed by atoms with Crippen LogP contribution in [0.2, 0.25) is 0 Å². The van der Waals surface area contributed by atoms with E-state index < -0.39 is 49.2 Å². The minimum absolute atomic E-state index is 0.364. The summed E-state index contributed by atoms with van der Waals surface area (Å²) in [4.78, 5) is 23.3. The Bertz CT molecular complexity index is 665. The Morgan fingerprint density at radius 3 is 2.07 bits per heavy atom. The van der Waals surface area contributed by atoms with Crippen molar-refractivity contribution in [2.45, 2.75) is 44.0 Å². The molecular formula is C16H16F7NO4. The molecule has 0 radical (unpaired) electrons. The average Bonchev–Trinajstić information content (AvgIpc) is 2.59. The first-order valence-corrected chi connectivity index (χ1v) is 7.78. The van der Waals surface area contributed by atoms with Gasteiger partial charge in [0.2, 0.25) is 0 Å². The van der Waals surface area contributed by atoms with E-state index in [1.165, 1.54) is 24.4 Å². The van der Waals surface area contributed by atoms with E-state index in [4.69, 9.17) is 0 Å². The SMILES string of the molecule is CCOC(=O)C(CC(F)(F)C(F)(F)C(F)(F)F)NC(=O)OCc1ccccc1. The standard InChI is InChI=1S/C16H16F7NO4/c1-2-27-12(25)11(8-14(17,18)15(19,20)16(21,22)23)24-13(26)28-9-10-6-4-3-5-7-10/h3-7,11H,2,8-9H2,1H3,(H,24,26). The number of esters is 1. The number of amides is 1. The molecule has 5 nitrogen and oxygen atoms in total. The van der Waals surface area contributed by atoms with Gasteiger partial charge in [0.25, 0.3) is 0 Å². The number of hydrogen-bond acceptors (Lipinski definition) is 4. The summed E-state index contributed by atoms with van der Waals surface area (Å²) in [6.07, 6.45) is -10.4. The summed E-state index contributed by atoms with van der Waals surface area (Å²) in [5.41, 5.74) is 0.472. The van der Waals surface area contributed by atoms with E-state index in [2.05, 4.69) is 9.47 Å². The molecule has 0 bridgehead atoms. The second kappa shape index (κ2) is 9.11. The van der Waals surface area contributed by atoms with Crippen LogP contribution >= 0.6 is 0 Å². The zero-order chi connectivity index (χ0) is 21.6. The predicted octanol–water partition coefficient (Wildman–Crippen LogP) is 4.07. The molecule has 0 heterocycles. The van der Waals surface area contributed by atoms with Crippen molar-refractivity contribution in [1.29, 1.82) is 0 Å². The van der Waals surface area contributed by atoms with Crippen LogP contribution in [0.15, 0.2) is 30.3 Å². The summed E-state index contributed by atoms with van der Waals surface area (Å²) in [7, 11) is 0. The number of carbonyl (C=O) groups is 2. The molecule has 1 amide bonds. The number of rotatable bonds is 8. The van der Waals surface area contributed by atoms with Gasteiger partial charge in [0.1, 0.15) is 12.6 Å². The average molecular weight is 419 g/mol. The summed E-state index contributed by atoms with van der Waals surface area (Å²) < 4.78 is 99.0. The van der Waals surface area contributed by atoms with Gasteiger partial charge in [-0.25, -0.2) is 9.59 Å². The molecule has 0 aromatic heterocycles. The smallest absolute Gasteiger partial charge is 0.459 e. The lowest BCUT2D eigenvalue weighted by atomic mass is 10.0. The summed E-state index contributed by atoms with van der Waals surface area (Å²) in [5, 5.41) is 1.54. The summed E-state index contributed by atoms with van der Waals surface area (Å²) in [6, 6.07) is 5.42. The molecule has 0 aliphatic heterocycles. The molecule has 12 heteroatoms. The number of nitrogens with one attached hydrogen (secondary N) is 1. The van der Waals surface area contributed by atoms with Crippen molar-refractivity contribution in [3.63, 3.8) is 0 Å². The Hall–Kier alpha value is -2.53. The van der Waals surface area contributed by atoms with Crippen LogP contribution in [0.1, 0.15) is 18.9 Å². The Balaban J connectivity index is 2.88. The van der Waals surface area contributed by atoms with Crippen LogP contribution in [0.25, 0.3) is 0 Å². The molecule has 1 rings (SSSR count). The molecule has 0 spiro atoms. The lowest BCUT2D eigenvalue weighted by Crippen LogP contribution is -2.56. The quantitative estimate of drug-likeness (QED) is 0.510. The molecule has 0 aliphatic rings. The Morgan fingerprint density at radius 2 is 1.57 bits per heavy atom. The highest BCUT2D eigenvalue weighted by atomic mass is 19.4. The van der Waals surface area contributed by atoms with Crippen molar-refractivity contribution in [3.05, 3.63) is 35.9 Å². The first-order chi connectivity index (χ1) is 12.8. The van der Waals surface area contributed by atoms with Gasteiger partial charge in [0, 0.05) is 6.42 Å². The van der Waals surface area contributed by atoms with Crippen LogP contribution in [0.3, 0.4) is 0 Å². The number of ether oxygens (including phenoxy) is 2. The summed E-state index contributed by atoms with van der Waals surface area (Å²) >= 11 is 0. The Morgan fingerprint density at radius 1 is 1.00 bits per heavy atom. The van der Waals surface area contributed by atoms with Crippen LogP contribution in [0, 0.1) is 0 Å². The Labute approximate surface area is 154 Å². The van der Waals surface area contributed by atoms with E-state index in [0.717, 1.165) is 0 Å². The van der Waals surface area contributed by atoms with Gasteiger partial charge in [-0.15, -0.1) is 0 Å². The van der Waals surface area contributed by atoms with Crippen LogP contribution in [-0.2, 0) is 20.9 Å². The van der Waals surface area contributed by atoms with Gasteiger partial charge < -0.3 is 14.8 Å². The molecule has 1 N–H and O–H groups in total. The fourth-order valence-electron chi connectivity index (χ4n) is 1.94. The number of halogens is 7. The number of alkyl carbamates (subject to hydrolysis) is 1. The van der Waals surface area contributed by atoms with Crippen molar-refractivity contribution < 1.29 is 49.8 Å². The maximum absolute atomic E-state index is 13.6. The molecule has 158 valence electrons. The monoisotopic (exact) mass is 419 g/mol. The van der Waals surface area contributed by atoms with Crippen molar-refractivity contribution in [1.82, 2.24) is 5.32 Å². The van der Waals surface area contributed by atoms with Gasteiger partial charge in [-0.3, -0.25) is 0 Å². The molecule has 1 atom stereocenters. The molecule has 0 aliphatic carbocycles. The molecular weight excluding hydrogens is 403 g/mol. The third-order valence-electron chi connectivity index (χ3n) is 3.35. The highest BCUT2D eigenvalue weighted by molar-refractivity contribution is 5.81. The highest BCUT2D eigenvalue weighted by Crippen LogP contribution is 2.48. The van der Waals surface area contributed by atoms with Crippen LogP contribution < -0.4 is 5.32 Å². The Kier molecular flexibility index (Phi) is 7.65. The van der Waals surface area contributed by atoms with E-state index in [0.29, 0.717) is 5.56 Å². The fraction of sp³-hybridized carbons (Fsp3) is 0.500. The zero-order valence-corrected chi connectivity index (χ0v) is 14.4. The van der Waals surface area contributed by atoms with Crippen molar-refractivity contribution in [2.75, 3.05) is 6.61 Å². The molecule has 28 heavy (non-hydrogen) atoms. The number of hydrogen-bond donors (Lipinski definition) is 1. The lowest BCUT2D eigenvalue weighted by Gasteiger charge is -2.30. The third kappa shape index (κ3) is 5.99. The lowest BCUT2D eigenvalue weighted by molar-refractivity contribution is -0.356. The largest absolute Gasteiger partial charge is 0.464 e. The van der Waals surface area contributed by atoms with Crippen LogP contribution in [0.4, 0.5) is 35.5 Å². The van der Waals surface area contributed by atoms with Gasteiger partial charge in [0.15, 0.2) is 0 Å². The van der Waals surface area contributed by atoms with Crippen LogP contribution in [-0.4, -0.2) is 42.7 Å². The maximum atomic E-state index is 13.6. The van der Waals surface area contributed by atoms with Gasteiger partial charge in [-0.05, 0) is 12.5 Å². The maximum Gasteiger partial charge on any atom is 0.459 e. The highest BCUT2D eigenvalue weighted by Gasteiger charge is 2.73. The van der Waals surface area contributed by atoms with Crippen molar-refractivity contribution in [3.8, 4) is 0 Å². The minimum Gasteiger partial charge on any atom is -0.464 e. The normalized spacial score (nSPS) is 13.6. The molecule has 1 aromatic carbocycles. The topological polar surface area (TPSA) is 64.6 Å². The third-order valence-corrected chi connectivity index (χ3v) is 3.35. The van der Waals surface area contributed by atoms with Crippen molar-refractivity contribution >= 4 is 12.1 Å². The second-order valence-electron chi connectivity index (χ2n) is 5.49. The minimum atomic E-state index is -6.57. The molecule has 0 saturated heterocycles. The van der Waals surface area contributed by atoms with E-state index in [1.807, 2.05) is 0 Å². The zero-order valence-electron chi connectivity index (χ0n) is 14.4. The molecule has 1 unspecified atom stereocenters. The van der Waals surface area contributed by atoms with Gasteiger partial charge in [-0.2, -0.15) is 30.7 Å². The van der Waals surface area contributed by atoms with E-state index in [9.17, 15) is 40.3 Å². The fourth-order valence-corrected chi connectivity index (χ4v) is 1.94. The molecule has 1 aromatic rings. The van der Waals surface area contributed by atoms with Crippen LogP contribution in [0.5, 0.6) is 0 Å². The van der Waals surface area contributed by atoms with E-state index in [-0.39, 0.29) is 6.61 Å². The van der Waals surface area contributed by atoms with Crippen molar-refractivity contribution in [2.24, 2.45) is 0 Å². The first-order valence-electron chi connectivity index (χ1n) is 7.78. The number of alkyl halides is 7. The molecule has 0 fully saturated rings. The van der Waals surface area contributed by atoms with Gasteiger partial charge in [0.05, 0.1) is 6.61 Å².